The van der Waals surface area contributed by atoms with E-state index in [1.807, 2.05) is 12.1 Å². The number of unbranched alkanes of at least 4 members (excludes halogenated alkanes) is 11. The molecule has 0 aliphatic heterocycles. The van der Waals surface area contributed by atoms with Crippen molar-refractivity contribution < 1.29 is 23.0 Å². The van der Waals surface area contributed by atoms with Crippen molar-refractivity contribution in [1.82, 2.24) is 0 Å². The Morgan fingerprint density at radius 3 is 1.86 bits per heavy atom. The summed E-state index contributed by atoms with van der Waals surface area (Å²) in [7, 11) is 0. The van der Waals surface area contributed by atoms with Crippen LogP contribution in [-0.4, -0.2) is 12.6 Å². The van der Waals surface area contributed by atoms with Crippen molar-refractivity contribution in [2.24, 2.45) is 11.8 Å². The van der Waals surface area contributed by atoms with Crippen LogP contribution in [0.1, 0.15) is 152 Å². The van der Waals surface area contributed by atoms with Crippen molar-refractivity contribution in [1.29, 1.82) is 0 Å². The Morgan fingerprint density at radius 2 is 1.23 bits per heavy atom. The van der Waals surface area contributed by atoms with E-state index >= 15 is 0 Å². The van der Waals surface area contributed by atoms with Crippen LogP contribution in [0.4, 0.5) is 8.78 Å². The number of rotatable bonds is 21. The molecule has 1 aliphatic rings. The molecule has 0 heterocycles. The van der Waals surface area contributed by atoms with E-state index in [0.29, 0.717) is 12.4 Å². The summed E-state index contributed by atoms with van der Waals surface area (Å²) in [6.07, 6.45) is 25.0. The van der Waals surface area contributed by atoms with E-state index in [9.17, 15) is 13.6 Å². The quantitative estimate of drug-likeness (QED) is 0.0814. The third-order valence-electron chi connectivity index (χ3n) is 9.18. The smallest absolute Gasteiger partial charge is 0.346 e. The lowest BCUT2D eigenvalue weighted by molar-refractivity contribution is 0.0728. The van der Waals surface area contributed by atoms with Gasteiger partial charge in [-0.2, -0.15) is 4.39 Å². The third kappa shape index (κ3) is 13.0. The number of carbonyl (C=O) groups is 1. The summed E-state index contributed by atoms with van der Waals surface area (Å²) in [4.78, 5) is 12.6. The number of benzene rings is 2. The summed E-state index contributed by atoms with van der Waals surface area (Å²) in [5, 5.41) is 0. The molecule has 1 fully saturated rings. The van der Waals surface area contributed by atoms with Crippen LogP contribution in [0.25, 0.3) is 0 Å². The van der Waals surface area contributed by atoms with Crippen LogP contribution in [0.15, 0.2) is 36.4 Å². The highest BCUT2D eigenvalue weighted by Crippen LogP contribution is 2.34. The minimum Gasteiger partial charge on any atom is -0.490 e. The Bertz CT molecular complexity index is 1040. The van der Waals surface area contributed by atoms with Crippen LogP contribution in [0, 0.1) is 23.5 Å². The van der Waals surface area contributed by atoms with Crippen molar-refractivity contribution >= 4 is 5.97 Å². The fourth-order valence-electron chi connectivity index (χ4n) is 6.32. The minimum absolute atomic E-state index is 0.169. The van der Waals surface area contributed by atoms with Crippen molar-refractivity contribution in [2.75, 3.05) is 6.61 Å². The molecule has 0 atom stereocenters. The van der Waals surface area contributed by atoms with Gasteiger partial charge in [-0.1, -0.05) is 135 Å². The number of esters is 1. The predicted octanol–water partition coefficient (Wildman–Crippen LogP) is 11.8. The molecule has 0 amide bonds. The van der Waals surface area contributed by atoms with Gasteiger partial charge in [0.15, 0.2) is 11.6 Å². The van der Waals surface area contributed by atoms with Gasteiger partial charge in [-0.25, -0.2) is 9.18 Å². The molecule has 3 nitrogen and oxygen atoms in total. The van der Waals surface area contributed by atoms with E-state index in [-0.39, 0.29) is 5.75 Å². The summed E-state index contributed by atoms with van der Waals surface area (Å²) in [6.45, 7) is 4.79. The van der Waals surface area contributed by atoms with Gasteiger partial charge < -0.3 is 9.47 Å². The molecule has 0 bridgehead atoms. The molecule has 240 valence electrons. The molecular weight excluding hydrogens is 542 g/mol. The SMILES string of the molecule is CCCCCCCCCCOc1ccc(C(=O)Oc2ccc(CC[C@H]3CC[C@H](CCCCCCC)CC3)cc2)c(F)c1F. The fraction of sp³-hybridized carbons (Fsp3) is 0.658. The molecule has 0 radical (unpaired) electrons. The van der Waals surface area contributed by atoms with Crippen molar-refractivity contribution in [3.8, 4) is 11.5 Å². The van der Waals surface area contributed by atoms with Crippen LogP contribution in [-0.2, 0) is 6.42 Å². The first-order valence-corrected chi connectivity index (χ1v) is 17.4. The first kappa shape index (κ1) is 35.1. The molecule has 43 heavy (non-hydrogen) atoms. The summed E-state index contributed by atoms with van der Waals surface area (Å²) >= 11 is 0. The first-order chi connectivity index (χ1) is 21.0. The molecule has 1 aliphatic carbocycles. The lowest BCUT2D eigenvalue weighted by Crippen LogP contribution is -2.15. The molecule has 2 aromatic carbocycles. The second-order valence-corrected chi connectivity index (χ2v) is 12.7. The number of carbonyl (C=O) groups excluding carboxylic acids is 1. The summed E-state index contributed by atoms with van der Waals surface area (Å²) in [5.74, 6) is -1.43. The highest BCUT2D eigenvalue weighted by Gasteiger charge is 2.22. The van der Waals surface area contributed by atoms with Gasteiger partial charge in [0.05, 0.1) is 12.2 Å². The van der Waals surface area contributed by atoms with Gasteiger partial charge >= 0.3 is 5.97 Å². The molecule has 2 aromatic rings. The zero-order valence-corrected chi connectivity index (χ0v) is 26.9. The van der Waals surface area contributed by atoms with Gasteiger partial charge in [-0.15, -0.1) is 0 Å². The average Bonchev–Trinajstić information content (AvgIpc) is 3.02. The number of hydrogen-bond acceptors (Lipinski definition) is 3. The largest absolute Gasteiger partial charge is 0.490 e. The molecule has 0 unspecified atom stereocenters. The number of halogens is 2. The van der Waals surface area contributed by atoms with Crippen LogP contribution in [0.3, 0.4) is 0 Å². The topological polar surface area (TPSA) is 35.5 Å². The molecule has 5 heteroatoms. The number of hydrogen-bond donors (Lipinski definition) is 0. The van der Waals surface area contributed by atoms with Gasteiger partial charge in [0.1, 0.15) is 5.75 Å². The highest BCUT2D eigenvalue weighted by molar-refractivity contribution is 5.91. The summed E-state index contributed by atoms with van der Waals surface area (Å²) in [6, 6.07) is 9.94. The highest BCUT2D eigenvalue weighted by atomic mass is 19.2. The maximum absolute atomic E-state index is 14.7. The zero-order chi connectivity index (χ0) is 30.7. The van der Waals surface area contributed by atoms with Crippen molar-refractivity contribution in [3.05, 3.63) is 59.2 Å². The van der Waals surface area contributed by atoms with Gasteiger partial charge in [0.25, 0.3) is 0 Å². The molecule has 3 rings (SSSR count). The van der Waals surface area contributed by atoms with Crippen LogP contribution >= 0.6 is 0 Å². The summed E-state index contributed by atoms with van der Waals surface area (Å²) in [5.41, 5.74) is 0.769. The molecule has 0 aromatic heterocycles. The van der Waals surface area contributed by atoms with Gasteiger partial charge in [0, 0.05) is 0 Å². The monoisotopic (exact) mass is 598 g/mol. The number of aryl methyl sites for hydroxylation is 1. The fourth-order valence-corrected chi connectivity index (χ4v) is 6.32. The average molecular weight is 599 g/mol. The Labute approximate surface area is 260 Å². The number of ether oxygens (including phenoxy) is 2. The van der Waals surface area contributed by atoms with E-state index in [0.717, 1.165) is 37.5 Å². The van der Waals surface area contributed by atoms with Crippen molar-refractivity contribution in [2.45, 2.75) is 142 Å². The lowest BCUT2D eigenvalue weighted by Gasteiger charge is -2.28. The molecule has 0 spiro atoms. The molecular formula is C38H56F2O3. The Kier molecular flexibility index (Phi) is 16.7. The Balaban J connectivity index is 1.35. The normalized spacial score (nSPS) is 16.7. The third-order valence-corrected chi connectivity index (χ3v) is 9.18. The van der Waals surface area contributed by atoms with E-state index in [1.54, 1.807) is 12.1 Å². The zero-order valence-electron chi connectivity index (χ0n) is 26.9. The molecule has 0 N–H and O–H groups in total. The maximum Gasteiger partial charge on any atom is 0.346 e. The van der Waals surface area contributed by atoms with E-state index in [4.69, 9.17) is 9.47 Å². The predicted molar refractivity (Wildman–Crippen MR) is 173 cm³/mol. The Hall–Kier alpha value is -2.43. The second-order valence-electron chi connectivity index (χ2n) is 12.7. The maximum atomic E-state index is 14.7. The van der Waals surface area contributed by atoms with Crippen LogP contribution in [0.5, 0.6) is 11.5 Å². The van der Waals surface area contributed by atoms with Gasteiger partial charge in [0.2, 0.25) is 5.82 Å². The molecule has 0 saturated heterocycles. The van der Waals surface area contributed by atoms with Gasteiger partial charge in [-0.05, 0) is 60.9 Å². The van der Waals surface area contributed by atoms with E-state index in [1.165, 1.54) is 120 Å². The molecule has 1 saturated carbocycles. The van der Waals surface area contributed by atoms with E-state index < -0.39 is 23.2 Å². The van der Waals surface area contributed by atoms with Crippen molar-refractivity contribution in [3.63, 3.8) is 0 Å². The second kappa shape index (κ2) is 20.5. The van der Waals surface area contributed by atoms with Crippen LogP contribution < -0.4 is 9.47 Å². The van der Waals surface area contributed by atoms with Gasteiger partial charge in [-0.3, -0.25) is 0 Å². The standard InChI is InChI=1S/C38H56F2O3/c1-3-5-7-9-10-11-13-15-29-42-35-28-27-34(36(39)37(35)40)38(41)43-33-25-23-32(24-26-33)22-21-31-19-17-30(18-20-31)16-14-12-8-6-4-2/h23-28,30-31H,3-22,29H2,1-2H3/t30-,31-. The first-order valence-electron chi connectivity index (χ1n) is 17.4. The van der Waals surface area contributed by atoms with Crippen LogP contribution in [0.2, 0.25) is 0 Å². The minimum atomic E-state index is -1.23. The summed E-state index contributed by atoms with van der Waals surface area (Å²) < 4.78 is 40.1. The van der Waals surface area contributed by atoms with E-state index in [2.05, 4.69) is 13.8 Å². The lowest BCUT2D eigenvalue weighted by atomic mass is 9.78. The Morgan fingerprint density at radius 1 is 0.674 bits per heavy atom.